The lowest BCUT2D eigenvalue weighted by molar-refractivity contribution is 0.0963. The lowest BCUT2D eigenvalue weighted by atomic mass is 10.1. The van der Waals surface area contributed by atoms with Crippen LogP contribution in [0.4, 0.5) is 0 Å². The highest BCUT2D eigenvalue weighted by molar-refractivity contribution is 5.94. The van der Waals surface area contributed by atoms with Crippen LogP contribution >= 0.6 is 0 Å². The average molecular weight is 409 g/mol. The molecule has 2 aromatic rings. The number of nitrogens with zero attached hydrogens (tertiary/aromatic N) is 1. The van der Waals surface area contributed by atoms with Gasteiger partial charge in [-0.1, -0.05) is 24.3 Å². The fraction of sp³-hybridized carbons (Fsp3) is 0.417. The van der Waals surface area contributed by atoms with Gasteiger partial charge in [0.15, 0.2) is 5.96 Å². The number of carbonyl (C=O) groups is 1. The average Bonchev–Trinajstić information content (AvgIpc) is 3.59. The minimum absolute atomic E-state index is 0.0936. The SMILES string of the molecule is CCNC(=NCc1cccc(C(=O)NC)c1)NCc1ccc(C)cc1OCC1CC1. The number of hydrogen-bond donors (Lipinski definition) is 3. The van der Waals surface area contributed by atoms with E-state index in [1.165, 1.54) is 18.4 Å². The van der Waals surface area contributed by atoms with Gasteiger partial charge >= 0.3 is 0 Å². The van der Waals surface area contributed by atoms with E-state index in [0.29, 0.717) is 18.7 Å². The van der Waals surface area contributed by atoms with Crippen molar-refractivity contribution in [2.75, 3.05) is 20.2 Å². The number of carbonyl (C=O) groups excluding carboxylic acids is 1. The van der Waals surface area contributed by atoms with Crippen molar-refractivity contribution in [2.24, 2.45) is 10.9 Å². The summed E-state index contributed by atoms with van der Waals surface area (Å²) in [6.07, 6.45) is 2.55. The van der Waals surface area contributed by atoms with Gasteiger partial charge in [-0.2, -0.15) is 0 Å². The number of aliphatic imine (C=N–C) groups is 1. The van der Waals surface area contributed by atoms with Crippen LogP contribution in [0, 0.1) is 12.8 Å². The molecule has 1 aliphatic carbocycles. The third-order valence-corrected chi connectivity index (χ3v) is 5.02. The lowest BCUT2D eigenvalue weighted by Crippen LogP contribution is -2.36. The molecule has 0 radical (unpaired) electrons. The van der Waals surface area contributed by atoms with E-state index in [4.69, 9.17) is 4.74 Å². The van der Waals surface area contributed by atoms with Crippen LogP contribution < -0.4 is 20.7 Å². The van der Waals surface area contributed by atoms with E-state index in [0.717, 1.165) is 41.9 Å². The highest BCUT2D eigenvalue weighted by Gasteiger charge is 2.22. The van der Waals surface area contributed by atoms with Gasteiger partial charge < -0.3 is 20.7 Å². The lowest BCUT2D eigenvalue weighted by Gasteiger charge is -2.15. The van der Waals surface area contributed by atoms with Gasteiger partial charge in [0.05, 0.1) is 13.2 Å². The predicted octanol–water partition coefficient (Wildman–Crippen LogP) is 3.40. The van der Waals surface area contributed by atoms with E-state index in [-0.39, 0.29) is 5.91 Å². The maximum atomic E-state index is 11.8. The predicted molar refractivity (Wildman–Crippen MR) is 121 cm³/mol. The molecule has 6 heteroatoms. The summed E-state index contributed by atoms with van der Waals surface area (Å²) in [6, 6.07) is 13.9. The van der Waals surface area contributed by atoms with Crippen LogP contribution in [-0.2, 0) is 13.1 Å². The molecule has 0 unspecified atom stereocenters. The van der Waals surface area contributed by atoms with E-state index in [1.54, 1.807) is 13.1 Å². The Hall–Kier alpha value is -3.02. The monoisotopic (exact) mass is 408 g/mol. The molecule has 30 heavy (non-hydrogen) atoms. The molecule has 2 aromatic carbocycles. The molecule has 6 nitrogen and oxygen atoms in total. The molecule has 0 aliphatic heterocycles. The van der Waals surface area contributed by atoms with Crippen molar-refractivity contribution in [3.05, 3.63) is 64.7 Å². The van der Waals surface area contributed by atoms with Crippen LogP contribution in [0.2, 0.25) is 0 Å². The van der Waals surface area contributed by atoms with Gasteiger partial charge in [0.2, 0.25) is 0 Å². The number of amides is 1. The van der Waals surface area contributed by atoms with Gasteiger partial charge in [0, 0.05) is 31.3 Å². The third kappa shape index (κ3) is 6.51. The van der Waals surface area contributed by atoms with Crippen LogP contribution in [0.5, 0.6) is 5.75 Å². The van der Waals surface area contributed by atoms with Crippen LogP contribution in [-0.4, -0.2) is 32.1 Å². The molecule has 0 saturated heterocycles. The zero-order valence-corrected chi connectivity index (χ0v) is 18.1. The summed E-state index contributed by atoms with van der Waals surface area (Å²) >= 11 is 0. The molecule has 0 bridgehead atoms. The first-order valence-electron chi connectivity index (χ1n) is 10.6. The second-order valence-electron chi connectivity index (χ2n) is 7.69. The molecule has 1 amide bonds. The molecular formula is C24H32N4O2. The van der Waals surface area contributed by atoms with Crippen molar-refractivity contribution >= 4 is 11.9 Å². The molecule has 1 aliphatic rings. The zero-order chi connectivity index (χ0) is 21.3. The molecule has 160 valence electrons. The molecule has 3 rings (SSSR count). The quantitative estimate of drug-likeness (QED) is 0.439. The van der Waals surface area contributed by atoms with Gasteiger partial charge in [0.25, 0.3) is 5.91 Å². The Labute approximate surface area is 179 Å². The Morgan fingerprint density at radius 3 is 2.73 bits per heavy atom. The zero-order valence-electron chi connectivity index (χ0n) is 18.1. The van der Waals surface area contributed by atoms with E-state index >= 15 is 0 Å². The fourth-order valence-electron chi connectivity index (χ4n) is 3.08. The highest BCUT2D eigenvalue weighted by atomic mass is 16.5. The first kappa shape index (κ1) is 21.7. The van der Waals surface area contributed by atoms with Crippen LogP contribution in [0.25, 0.3) is 0 Å². The molecular weight excluding hydrogens is 376 g/mol. The maximum absolute atomic E-state index is 11.8. The normalized spacial score (nSPS) is 13.6. The van der Waals surface area contributed by atoms with Gasteiger partial charge in [-0.05, 0) is 61.9 Å². The second kappa shape index (κ2) is 10.7. The summed E-state index contributed by atoms with van der Waals surface area (Å²) in [7, 11) is 1.63. The van der Waals surface area contributed by atoms with Gasteiger partial charge in [0.1, 0.15) is 5.75 Å². The van der Waals surface area contributed by atoms with Crippen molar-refractivity contribution in [2.45, 2.75) is 39.8 Å². The Balaban J connectivity index is 1.65. The van der Waals surface area contributed by atoms with E-state index < -0.39 is 0 Å². The highest BCUT2D eigenvalue weighted by Crippen LogP contribution is 2.30. The molecule has 1 saturated carbocycles. The molecule has 0 heterocycles. The Bertz CT molecular complexity index is 891. The van der Waals surface area contributed by atoms with Crippen molar-refractivity contribution < 1.29 is 9.53 Å². The van der Waals surface area contributed by atoms with Crippen LogP contribution in [0.15, 0.2) is 47.5 Å². The third-order valence-electron chi connectivity index (χ3n) is 5.02. The molecule has 0 atom stereocenters. The number of ether oxygens (including phenoxy) is 1. The van der Waals surface area contributed by atoms with Crippen molar-refractivity contribution in [1.29, 1.82) is 0 Å². The fourth-order valence-corrected chi connectivity index (χ4v) is 3.08. The molecule has 3 N–H and O–H groups in total. The van der Waals surface area contributed by atoms with E-state index in [1.807, 2.05) is 25.1 Å². The number of hydrogen-bond acceptors (Lipinski definition) is 3. The smallest absolute Gasteiger partial charge is 0.251 e. The summed E-state index contributed by atoms with van der Waals surface area (Å²) in [4.78, 5) is 16.5. The Morgan fingerprint density at radius 2 is 2.00 bits per heavy atom. The number of aryl methyl sites for hydroxylation is 1. The minimum atomic E-state index is -0.0936. The van der Waals surface area contributed by atoms with Gasteiger partial charge in [-0.3, -0.25) is 4.79 Å². The summed E-state index contributed by atoms with van der Waals surface area (Å²) in [5.74, 6) is 2.31. The first-order chi connectivity index (χ1) is 14.6. The number of benzene rings is 2. The number of rotatable bonds is 9. The molecule has 0 spiro atoms. The number of nitrogens with one attached hydrogen (secondary N) is 3. The van der Waals surface area contributed by atoms with E-state index in [9.17, 15) is 4.79 Å². The summed E-state index contributed by atoms with van der Waals surface area (Å²) < 4.78 is 6.07. The Kier molecular flexibility index (Phi) is 7.71. The first-order valence-corrected chi connectivity index (χ1v) is 10.6. The van der Waals surface area contributed by atoms with E-state index in [2.05, 4.69) is 46.1 Å². The maximum Gasteiger partial charge on any atom is 0.251 e. The van der Waals surface area contributed by atoms with Crippen molar-refractivity contribution in [3.8, 4) is 5.75 Å². The Morgan fingerprint density at radius 1 is 1.17 bits per heavy atom. The summed E-state index contributed by atoms with van der Waals surface area (Å²) in [5, 5.41) is 9.33. The molecule has 0 aromatic heterocycles. The van der Waals surface area contributed by atoms with Gasteiger partial charge in [-0.15, -0.1) is 0 Å². The summed E-state index contributed by atoms with van der Waals surface area (Å²) in [5.41, 5.74) is 3.94. The standard InChI is InChI=1S/C24H32N4O2/c1-4-26-24(27-14-19-6-5-7-20(13-19)23(29)25-3)28-15-21-11-8-17(2)12-22(21)30-16-18-9-10-18/h5-8,11-13,18H,4,9-10,14-16H2,1-3H3,(H,25,29)(H2,26,27,28). The summed E-state index contributed by atoms with van der Waals surface area (Å²) in [6.45, 7) is 6.80. The van der Waals surface area contributed by atoms with Gasteiger partial charge in [-0.25, -0.2) is 4.99 Å². The largest absolute Gasteiger partial charge is 0.493 e. The topological polar surface area (TPSA) is 74.8 Å². The van der Waals surface area contributed by atoms with Crippen LogP contribution in [0.3, 0.4) is 0 Å². The minimum Gasteiger partial charge on any atom is -0.493 e. The number of guanidine groups is 1. The molecule has 1 fully saturated rings. The van der Waals surface area contributed by atoms with Crippen LogP contribution in [0.1, 0.15) is 46.8 Å². The van der Waals surface area contributed by atoms with Crippen molar-refractivity contribution in [3.63, 3.8) is 0 Å². The van der Waals surface area contributed by atoms with Crippen molar-refractivity contribution in [1.82, 2.24) is 16.0 Å². The second-order valence-corrected chi connectivity index (χ2v) is 7.69.